The van der Waals surface area contributed by atoms with Gasteiger partial charge in [0, 0.05) is 32.7 Å². The molecule has 1 saturated heterocycles. The Morgan fingerprint density at radius 3 is 2.70 bits per heavy atom. The van der Waals surface area contributed by atoms with E-state index in [-0.39, 0.29) is 17.6 Å². The van der Waals surface area contributed by atoms with E-state index in [1.165, 1.54) is 5.56 Å². The fourth-order valence-electron chi connectivity index (χ4n) is 2.83. The first-order valence-corrected chi connectivity index (χ1v) is 11.4. The van der Waals surface area contributed by atoms with Gasteiger partial charge in [0.05, 0.1) is 18.1 Å². The summed E-state index contributed by atoms with van der Waals surface area (Å²) in [6.45, 7) is 10.1. The van der Waals surface area contributed by atoms with E-state index in [1.807, 2.05) is 45.0 Å². The minimum Gasteiger partial charge on any atom is -0.489 e. The van der Waals surface area contributed by atoms with Crippen LogP contribution in [0.2, 0.25) is 0 Å². The molecule has 152 valence electrons. The minimum absolute atomic E-state index is 0.0328. The SMILES string of the molecule is CCNC(=NCC(C)Oc1cccc(C)c1)NCCN1CCS(=O)(=O)CC1. The molecule has 1 aliphatic rings. The van der Waals surface area contributed by atoms with Crippen LogP contribution in [0, 0.1) is 6.92 Å². The Hall–Kier alpha value is -1.80. The highest BCUT2D eigenvalue weighted by Crippen LogP contribution is 2.14. The molecule has 1 unspecified atom stereocenters. The summed E-state index contributed by atoms with van der Waals surface area (Å²) in [5.41, 5.74) is 1.17. The first-order valence-electron chi connectivity index (χ1n) is 9.56. The monoisotopic (exact) mass is 396 g/mol. The zero-order valence-corrected chi connectivity index (χ0v) is 17.4. The Labute approximate surface area is 163 Å². The van der Waals surface area contributed by atoms with Gasteiger partial charge < -0.3 is 15.4 Å². The normalized spacial score (nSPS) is 18.7. The second kappa shape index (κ2) is 10.5. The lowest BCUT2D eigenvalue weighted by molar-refractivity contribution is 0.230. The molecule has 27 heavy (non-hydrogen) atoms. The van der Waals surface area contributed by atoms with Crippen molar-refractivity contribution in [1.29, 1.82) is 0 Å². The predicted octanol–water partition coefficient (Wildman–Crippen LogP) is 1.05. The number of rotatable bonds is 8. The molecule has 0 spiro atoms. The number of hydrogen-bond donors (Lipinski definition) is 2. The summed E-state index contributed by atoms with van der Waals surface area (Å²) in [5, 5.41) is 6.54. The molecule has 1 aromatic rings. The van der Waals surface area contributed by atoms with Crippen LogP contribution in [0.3, 0.4) is 0 Å². The maximum Gasteiger partial charge on any atom is 0.191 e. The lowest BCUT2D eigenvalue weighted by Crippen LogP contribution is -2.46. The second-order valence-electron chi connectivity index (χ2n) is 6.88. The fraction of sp³-hybridized carbons (Fsp3) is 0.632. The molecule has 2 N–H and O–H groups in total. The highest BCUT2D eigenvalue weighted by molar-refractivity contribution is 7.91. The van der Waals surface area contributed by atoms with Crippen LogP contribution in [-0.2, 0) is 9.84 Å². The molecule has 0 aromatic heterocycles. The first-order chi connectivity index (χ1) is 12.9. The molecule has 1 fully saturated rings. The third-order valence-electron chi connectivity index (χ3n) is 4.34. The maximum absolute atomic E-state index is 11.5. The first kappa shape index (κ1) is 21.5. The Morgan fingerprint density at radius 1 is 1.30 bits per heavy atom. The van der Waals surface area contributed by atoms with Crippen LogP contribution in [-0.4, -0.2) is 76.2 Å². The molecule has 7 nitrogen and oxygen atoms in total. The molecule has 0 saturated carbocycles. The number of sulfone groups is 1. The molecule has 0 bridgehead atoms. The van der Waals surface area contributed by atoms with E-state index < -0.39 is 9.84 Å². The predicted molar refractivity (Wildman–Crippen MR) is 110 cm³/mol. The Balaban J connectivity index is 1.76. The summed E-state index contributed by atoms with van der Waals surface area (Å²) >= 11 is 0. The van der Waals surface area contributed by atoms with Crippen molar-refractivity contribution >= 4 is 15.8 Å². The van der Waals surface area contributed by atoms with Crippen LogP contribution < -0.4 is 15.4 Å². The molecule has 0 aliphatic carbocycles. The van der Waals surface area contributed by atoms with E-state index in [0.29, 0.717) is 19.6 Å². The minimum atomic E-state index is -2.82. The number of ether oxygens (including phenoxy) is 1. The molecule has 1 aromatic carbocycles. The van der Waals surface area contributed by atoms with Gasteiger partial charge in [0.1, 0.15) is 11.9 Å². The van der Waals surface area contributed by atoms with Crippen molar-refractivity contribution in [1.82, 2.24) is 15.5 Å². The lowest BCUT2D eigenvalue weighted by atomic mass is 10.2. The second-order valence-corrected chi connectivity index (χ2v) is 9.19. The quantitative estimate of drug-likeness (QED) is 0.505. The van der Waals surface area contributed by atoms with Crippen LogP contribution in [0.1, 0.15) is 19.4 Å². The van der Waals surface area contributed by atoms with E-state index >= 15 is 0 Å². The van der Waals surface area contributed by atoms with Crippen molar-refractivity contribution in [2.24, 2.45) is 4.99 Å². The maximum atomic E-state index is 11.5. The van der Waals surface area contributed by atoms with E-state index in [9.17, 15) is 8.42 Å². The van der Waals surface area contributed by atoms with Crippen LogP contribution in [0.25, 0.3) is 0 Å². The molecule has 8 heteroatoms. The average Bonchev–Trinajstić information content (AvgIpc) is 2.61. The number of nitrogens with one attached hydrogen (secondary N) is 2. The van der Waals surface area contributed by atoms with Crippen LogP contribution in [0.5, 0.6) is 5.75 Å². The van der Waals surface area contributed by atoms with Crippen molar-refractivity contribution in [3.05, 3.63) is 29.8 Å². The highest BCUT2D eigenvalue weighted by Gasteiger charge is 2.20. The summed E-state index contributed by atoms with van der Waals surface area (Å²) < 4.78 is 28.9. The molecule has 0 radical (unpaired) electrons. The average molecular weight is 397 g/mol. The number of nitrogens with zero attached hydrogens (tertiary/aromatic N) is 2. The van der Waals surface area contributed by atoms with E-state index in [0.717, 1.165) is 31.3 Å². The molecular weight excluding hydrogens is 364 g/mol. The zero-order chi connectivity index (χ0) is 19.7. The lowest BCUT2D eigenvalue weighted by Gasteiger charge is -2.26. The summed E-state index contributed by atoms with van der Waals surface area (Å²) in [6, 6.07) is 8.00. The van der Waals surface area contributed by atoms with Crippen LogP contribution in [0.4, 0.5) is 0 Å². The molecule has 1 atom stereocenters. The van der Waals surface area contributed by atoms with Crippen molar-refractivity contribution in [2.75, 3.05) is 50.8 Å². The van der Waals surface area contributed by atoms with E-state index in [1.54, 1.807) is 0 Å². The number of guanidine groups is 1. The van der Waals surface area contributed by atoms with Crippen LogP contribution >= 0.6 is 0 Å². The standard InChI is InChI=1S/C19H32N4O3S/c1-4-20-19(21-8-9-23-10-12-27(24,25)13-11-23)22-15-17(3)26-18-7-5-6-16(2)14-18/h5-7,14,17H,4,8-13,15H2,1-3H3,(H2,20,21,22). The van der Waals surface area contributed by atoms with Crippen molar-refractivity contribution in [3.8, 4) is 5.75 Å². The van der Waals surface area contributed by atoms with Gasteiger partial charge >= 0.3 is 0 Å². The molecular formula is C19H32N4O3S. The van der Waals surface area contributed by atoms with Gasteiger partial charge in [0.25, 0.3) is 0 Å². The van der Waals surface area contributed by atoms with Crippen LogP contribution in [0.15, 0.2) is 29.3 Å². The molecule has 2 rings (SSSR count). The third kappa shape index (κ3) is 8.17. The number of aliphatic imine (C=N–C) groups is 1. The van der Waals surface area contributed by atoms with Gasteiger partial charge in [0.2, 0.25) is 0 Å². The molecule has 1 aliphatic heterocycles. The smallest absolute Gasteiger partial charge is 0.191 e. The summed E-state index contributed by atoms with van der Waals surface area (Å²) in [6.07, 6.45) is -0.0328. The molecule has 0 amide bonds. The Kier molecular flexibility index (Phi) is 8.37. The zero-order valence-electron chi connectivity index (χ0n) is 16.6. The fourth-order valence-corrected chi connectivity index (χ4v) is 4.10. The Morgan fingerprint density at radius 2 is 2.04 bits per heavy atom. The van der Waals surface area contributed by atoms with E-state index in [2.05, 4.69) is 20.5 Å². The van der Waals surface area contributed by atoms with Gasteiger partial charge in [-0.15, -0.1) is 0 Å². The summed E-state index contributed by atoms with van der Waals surface area (Å²) in [4.78, 5) is 6.76. The van der Waals surface area contributed by atoms with Gasteiger partial charge in [-0.3, -0.25) is 4.90 Å². The van der Waals surface area contributed by atoms with Crippen molar-refractivity contribution < 1.29 is 13.2 Å². The molecule has 1 heterocycles. The van der Waals surface area contributed by atoms with Crippen molar-refractivity contribution in [3.63, 3.8) is 0 Å². The summed E-state index contributed by atoms with van der Waals surface area (Å²) in [5.74, 6) is 2.13. The highest BCUT2D eigenvalue weighted by atomic mass is 32.2. The third-order valence-corrected chi connectivity index (χ3v) is 5.94. The number of benzene rings is 1. The van der Waals surface area contributed by atoms with Gasteiger partial charge in [-0.2, -0.15) is 0 Å². The Bertz CT molecular complexity index is 707. The number of hydrogen-bond acceptors (Lipinski definition) is 5. The topological polar surface area (TPSA) is 83.0 Å². The summed E-state index contributed by atoms with van der Waals surface area (Å²) in [7, 11) is -2.82. The van der Waals surface area contributed by atoms with Gasteiger partial charge in [0.15, 0.2) is 15.8 Å². The largest absolute Gasteiger partial charge is 0.489 e. The van der Waals surface area contributed by atoms with Gasteiger partial charge in [-0.1, -0.05) is 12.1 Å². The van der Waals surface area contributed by atoms with Crippen molar-refractivity contribution in [2.45, 2.75) is 26.9 Å². The van der Waals surface area contributed by atoms with Gasteiger partial charge in [-0.25, -0.2) is 13.4 Å². The number of aryl methyl sites for hydroxylation is 1. The van der Waals surface area contributed by atoms with E-state index in [4.69, 9.17) is 4.74 Å². The van der Waals surface area contributed by atoms with Gasteiger partial charge in [-0.05, 0) is 38.5 Å².